The summed E-state index contributed by atoms with van der Waals surface area (Å²) in [5.74, 6) is 2.47. The van der Waals surface area contributed by atoms with Gasteiger partial charge < -0.3 is 9.64 Å². The summed E-state index contributed by atoms with van der Waals surface area (Å²) in [7, 11) is 0. The molecule has 1 aliphatic rings. The van der Waals surface area contributed by atoms with Gasteiger partial charge in [0, 0.05) is 19.0 Å². The second kappa shape index (κ2) is 7.58. The summed E-state index contributed by atoms with van der Waals surface area (Å²) < 4.78 is 8.10. The van der Waals surface area contributed by atoms with E-state index in [-0.39, 0.29) is 0 Å². The Morgan fingerprint density at radius 2 is 2.16 bits per heavy atom. The van der Waals surface area contributed by atoms with Crippen LogP contribution in [0.2, 0.25) is 0 Å². The highest BCUT2D eigenvalue weighted by molar-refractivity contribution is 8.00. The van der Waals surface area contributed by atoms with Crippen LogP contribution in [0, 0.1) is 5.92 Å². The topological polar surface area (TPSA) is 51.1 Å². The molecule has 1 aliphatic heterocycles. The summed E-state index contributed by atoms with van der Waals surface area (Å²) in [6.07, 6.45) is 6.02. The summed E-state index contributed by atoms with van der Waals surface area (Å²) in [5.41, 5.74) is 0.807. The standard InChI is InChI=1S/C18H20N4OS2/c1-24-18-21-16-15(25-18)17(20-12-19-16)22-9-5-6-13(10-22)11-23-14-7-3-2-4-8-14/h2-4,7-8,12-13H,5-6,9-11H2,1H3. The molecule has 0 saturated carbocycles. The van der Waals surface area contributed by atoms with Gasteiger partial charge in [-0.2, -0.15) is 0 Å². The molecular weight excluding hydrogens is 352 g/mol. The summed E-state index contributed by atoms with van der Waals surface area (Å²) in [6, 6.07) is 10.0. The zero-order valence-corrected chi connectivity index (χ0v) is 15.7. The number of anilines is 1. The zero-order chi connectivity index (χ0) is 17.1. The third kappa shape index (κ3) is 3.72. The fraction of sp³-hybridized carbons (Fsp3) is 0.389. The van der Waals surface area contributed by atoms with Crippen LogP contribution >= 0.6 is 23.1 Å². The summed E-state index contributed by atoms with van der Waals surface area (Å²) in [6.45, 7) is 2.74. The lowest BCUT2D eigenvalue weighted by Crippen LogP contribution is -2.38. The Balaban J connectivity index is 1.48. The van der Waals surface area contributed by atoms with Gasteiger partial charge in [0.25, 0.3) is 0 Å². The molecule has 1 saturated heterocycles. The molecule has 1 fully saturated rings. The van der Waals surface area contributed by atoms with Gasteiger partial charge in [0.15, 0.2) is 15.8 Å². The normalized spacial score (nSPS) is 17.8. The molecule has 2 aromatic heterocycles. The van der Waals surface area contributed by atoms with Gasteiger partial charge in [0.1, 0.15) is 16.8 Å². The van der Waals surface area contributed by atoms with E-state index in [9.17, 15) is 0 Å². The molecule has 25 heavy (non-hydrogen) atoms. The SMILES string of the molecule is CSc1nc2ncnc(N3CCCC(COc4ccccc4)C3)c2s1. The van der Waals surface area contributed by atoms with Crippen LogP contribution in [-0.2, 0) is 0 Å². The van der Waals surface area contributed by atoms with Crippen molar-refractivity contribution in [2.45, 2.75) is 17.2 Å². The Labute approximate surface area is 155 Å². The fourth-order valence-corrected chi connectivity index (χ4v) is 4.69. The molecule has 0 N–H and O–H groups in total. The second-order valence-electron chi connectivity index (χ2n) is 6.11. The minimum Gasteiger partial charge on any atom is -0.493 e. The number of benzene rings is 1. The maximum atomic E-state index is 5.97. The number of aromatic nitrogens is 3. The van der Waals surface area contributed by atoms with Crippen molar-refractivity contribution in [3.63, 3.8) is 0 Å². The first kappa shape index (κ1) is 16.6. The second-order valence-corrected chi connectivity index (χ2v) is 8.16. The van der Waals surface area contributed by atoms with Crippen LogP contribution < -0.4 is 9.64 Å². The van der Waals surface area contributed by atoms with Crippen molar-refractivity contribution in [1.82, 2.24) is 15.0 Å². The molecule has 4 rings (SSSR count). The van der Waals surface area contributed by atoms with E-state index < -0.39 is 0 Å². The van der Waals surface area contributed by atoms with Crippen molar-refractivity contribution in [1.29, 1.82) is 0 Å². The molecule has 5 nitrogen and oxygen atoms in total. The van der Waals surface area contributed by atoms with E-state index in [4.69, 9.17) is 4.74 Å². The van der Waals surface area contributed by atoms with Crippen LogP contribution in [0.5, 0.6) is 5.75 Å². The van der Waals surface area contributed by atoms with Crippen molar-refractivity contribution in [2.75, 3.05) is 30.9 Å². The Morgan fingerprint density at radius 1 is 1.28 bits per heavy atom. The Morgan fingerprint density at radius 3 is 3.00 bits per heavy atom. The van der Waals surface area contributed by atoms with Crippen molar-refractivity contribution < 1.29 is 4.74 Å². The number of thioether (sulfide) groups is 1. The molecule has 1 aromatic carbocycles. The molecule has 7 heteroatoms. The van der Waals surface area contributed by atoms with Crippen molar-refractivity contribution in [3.05, 3.63) is 36.7 Å². The lowest BCUT2D eigenvalue weighted by Gasteiger charge is -2.33. The highest BCUT2D eigenvalue weighted by atomic mass is 32.2. The van der Waals surface area contributed by atoms with E-state index in [2.05, 4.69) is 19.9 Å². The highest BCUT2D eigenvalue weighted by Crippen LogP contribution is 2.34. The van der Waals surface area contributed by atoms with Gasteiger partial charge in [-0.15, -0.1) is 11.3 Å². The van der Waals surface area contributed by atoms with Crippen LogP contribution in [-0.4, -0.2) is 40.9 Å². The molecule has 0 spiro atoms. The first-order valence-electron chi connectivity index (χ1n) is 8.42. The average Bonchev–Trinajstić information content (AvgIpc) is 3.11. The molecule has 130 valence electrons. The lowest BCUT2D eigenvalue weighted by molar-refractivity contribution is 0.228. The predicted molar refractivity (Wildman–Crippen MR) is 104 cm³/mol. The third-order valence-corrected chi connectivity index (χ3v) is 6.40. The maximum absolute atomic E-state index is 5.97. The highest BCUT2D eigenvalue weighted by Gasteiger charge is 2.24. The quantitative estimate of drug-likeness (QED) is 0.629. The molecular formula is C18H20N4OS2. The molecule has 1 atom stereocenters. The largest absolute Gasteiger partial charge is 0.493 e. The third-order valence-electron chi connectivity index (χ3n) is 4.37. The first-order chi connectivity index (χ1) is 12.3. The average molecular weight is 373 g/mol. The van der Waals surface area contributed by atoms with Gasteiger partial charge in [-0.3, -0.25) is 0 Å². The van der Waals surface area contributed by atoms with Crippen molar-refractivity contribution in [2.24, 2.45) is 5.92 Å². The van der Waals surface area contributed by atoms with E-state index in [1.807, 2.05) is 36.6 Å². The number of fused-ring (bicyclic) bond motifs is 1. The number of para-hydroxylation sites is 1. The Bertz CT molecular complexity index is 839. The Hall–Kier alpha value is -1.86. The van der Waals surface area contributed by atoms with Crippen LogP contribution in [0.1, 0.15) is 12.8 Å². The van der Waals surface area contributed by atoms with Crippen molar-refractivity contribution in [3.8, 4) is 5.75 Å². The number of thiazole rings is 1. The van der Waals surface area contributed by atoms with Gasteiger partial charge in [-0.1, -0.05) is 30.0 Å². The van der Waals surface area contributed by atoms with Gasteiger partial charge >= 0.3 is 0 Å². The van der Waals surface area contributed by atoms with Crippen LogP contribution in [0.15, 0.2) is 41.0 Å². The molecule has 0 radical (unpaired) electrons. The molecule has 0 aliphatic carbocycles. The number of hydrogen-bond acceptors (Lipinski definition) is 7. The van der Waals surface area contributed by atoms with E-state index in [0.717, 1.165) is 52.4 Å². The summed E-state index contributed by atoms with van der Waals surface area (Å²) in [4.78, 5) is 15.8. The van der Waals surface area contributed by atoms with E-state index in [0.29, 0.717) is 5.92 Å². The van der Waals surface area contributed by atoms with Crippen LogP contribution in [0.4, 0.5) is 5.82 Å². The molecule has 1 unspecified atom stereocenters. The van der Waals surface area contributed by atoms with Crippen molar-refractivity contribution >= 4 is 39.3 Å². The van der Waals surface area contributed by atoms with Crippen LogP contribution in [0.3, 0.4) is 0 Å². The number of rotatable bonds is 5. The maximum Gasteiger partial charge on any atom is 0.176 e. The van der Waals surface area contributed by atoms with E-state index >= 15 is 0 Å². The molecule has 0 amide bonds. The summed E-state index contributed by atoms with van der Waals surface area (Å²) >= 11 is 3.34. The predicted octanol–water partition coefficient (Wildman–Crippen LogP) is 4.10. The van der Waals surface area contributed by atoms with Gasteiger partial charge in [0.2, 0.25) is 0 Å². The molecule has 3 heterocycles. The molecule has 3 aromatic rings. The van der Waals surface area contributed by atoms with Gasteiger partial charge in [-0.05, 0) is 31.2 Å². The minimum atomic E-state index is 0.506. The zero-order valence-electron chi connectivity index (χ0n) is 14.1. The fourth-order valence-electron chi connectivity index (χ4n) is 3.16. The number of nitrogens with zero attached hydrogens (tertiary/aromatic N) is 4. The lowest BCUT2D eigenvalue weighted by atomic mass is 9.99. The van der Waals surface area contributed by atoms with Gasteiger partial charge in [0.05, 0.1) is 6.61 Å². The Kier molecular flexibility index (Phi) is 5.03. The summed E-state index contributed by atoms with van der Waals surface area (Å²) in [5, 5.41) is 0. The number of hydrogen-bond donors (Lipinski definition) is 0. The van der Waals surface area contributed by atoms with Gasteiger partial charge in [-0.25, -0.2) is 15.0 Å². The minimum absolute atomic E-state index is 0.506. The molecule has 0 bridgehead atoms. The number of ether oxygens (including phenoxy) is 1. The monoisotopic (exact) mass is 372 g/mol. The van der Waals surface area contributed by atoms with Crippen LogP contribution in [0.25, 0.3) is 10.3 Å². The van der Waals surface area contributed by atoms with E-state index in [1.54, 1.807) is 29.4 Å². The number of piperidine rings is 1. The first-order valence-corrected chi connectivity index (χ1v) is 10.5. The van der Waals surface area contributed by atoms with E-state index in [1.165, 1.54) is 6.42 Å². The smallest absolute Gasteiger partial charge is 0.176 e.